The lowest BCUT2D eigenvalue weighted by Crippen LogP contribution is -1.99. The zero-order valence-corrected chi connectivity index (χ0v) is 13.2. The van der Waals surface area contributed by atoms with Crippen molar-refractivity contribution in [3.8, 4) is 0 Å². The van der Waals surface area contributed by atoms with Crippen LogP contribution in [-0.4, -0.2) is 13.1 Å². The first kappa shape index (κ1) is 18.5. The number of rotatable bonds is 14. The first-order valence-corrected chi connectivity index (χ1v) is 8.38. The maximum absolute atomic E-state index is 10.9. The first-order chi connectivity index (χ1) is 9.31. The molecular formula is C17H35O2. The Balaban J connectivity index is 0. The third-order valence-corrected chi connectivity index (χ3v) is 3.71. The second kappa shape index (κ2) is 15.5. The second-order valence-electron chi connectivity index (χ2n) is 5.57. The number of esters is 1. The molecule has 0 atom stereocenters. The molecule has 2 nitrogen and oxygen atoms in total. The molecule has 2 heteroatoms. The van der Waals surface area contributed by atoms with Crippen LogP contribution in [0.1, 0.15) is 98.2 Å². The predicted molar refractivity (Wildman–Crippen MR) is 83.4 cm³/mol. The van der Waals surface area contributed by atoms with Crippen LogP contribution in [-0.2, 0) is 9.53 Å². The number of hydrogen-bond acceptors (Lipinski definition) is 2. The molecule has 115 valence electrons. The average Bonchev–Trinajstić information content (AvgIpc) is 2.43. The molecule has 0 aliphatic rings. The van der Waals surface area contributed by atoms with Crippen molar-refractivity contribution in [2.45, 2.75) is 96.8 Å². The van der Waals surface area contributed by atoms with E-state index in [-0.39, 0.29) is 7.40 Å². The summed E-state index contributed by atoms with van der Waals surface area (Å²) < 4.78 is 4.62. The number of methoxy groups -OCH3 is 1. The highest BCUT2D eigenvalue weighted by atomic mass is 16.5. The fraction of sp³-hybridized carbons (Fsp3) is 0.941. The van der Waals surface area contributed by atoms with Crippen molar-refractivity contribution in [2.24, 2.45) is 0 Å². The third kappa shape index (κ3) is 15.4. The van der Waals surface area contributed by atoms with Gasteiger partial charge in [-0.15, -0.1) is 0 Å². The fourth-order valence-electron chi connectivity index (χ4n) is 2.39. The standard InChI is InChI=1S/C17H34O2.H/c1-3-4-5-6-7-8-9-10-11-12-13-14-15-16-17(18)19-2;/h3-16H2,1-2H3;. The molecule has 0 aromatic rings. The summed E-state index contributed by atoms with van der Waals surface area (Å²) in [5.74, 6) is -0.0666. The Morgan fingerprint density at radius 2 is 1.11 bits per heavy atom. The topological polar surface area (TPSA) is 26.3 Å². The van der Waals surface area contributed by atoms with Crippen molar-refractivity contribution in [1.82, 2.24) is 0 Å². The van der Waals surface area contributed by atoms with E-state index >= 15 is 0 Å². The van der Waals surface area contributed by atoms with E-state index in [2.05, 4.69) is 11.7 Å². The SMILES string of the molecule is CCCCCCCCCCCCCCCC(=O)OC.[H]. The van der Waals surface area contributed by atoms with Gasteiger partial charge in [0.2, 0.25) is 0 Å². The van der Waals surface area contributed by atoms with Gasteiger partial charge in [-0.1, -0.05) is 84.0 Å². The summed E-state index contributed by atoms with van der Waals surface area (Å²) in [6, 6.07) is 0. The highest BCUT2D eigenvalue weighted by Crippen LogP contribution is 2.12. The Kier molecular flexibility index (Phi) is 15.1. The van der Waals surface area contributed by atoms with Gasteiger partial charge in [0, 0.05) is 7.85 Å². The van der Waals surface area contributed by atoms with E-state index in [1.54, 1.807) is 0 Å². The van der Waals surface area contributed by atoms with Crippen molar-refractivity contribution in [3.63, 3.8) is 0 Å². The van der Waals surface area contributed by atoms with Gasteiger partial charge in [0.05, 0.1) is 7.11 Å². The van der Waals surface area contributed by atoms with Gasteiger partial charge in [-0.05, 0) is 6.42 Å². The van der Waals surface area contributed by atoms with Gasteiger partial charge in [-0.25, -0.2) is 0 Å². The summed E-state index contributed by atoms with van der Waals surface area (Å²) in [5, 5.41) is 0. The molecule has 0 saturated carbocycles. The number of hydrogen-bond donors (Lipinski definition) is 0. The molecule has 0 aliphatic carbocycles. The van der Waals surface area contributed by atoms with E-state index in [9.17, 15) is 4.79 Å². The van der Waals surface area contributed by atoms with Crippen molar-refractivity contribution in [1.29, 1.82) is 0 Å². The minimum atomic E-state index is -0.0666. The Bertz CT molecular complexity index is 195. The van der Waals surface area contributed by atoms with Crippen LogP contribution in [0.4, 0.5) is 0 Å². The summed E-state index contributed by atoms with van der Waals surface area (Å²) in [4.78, 5) is 10.9. The number of unbranched alkanes of at least 4 members (excludes halogenated alkanes) is 12. The molecule has 0 saturated heterocycles. The van der Waals surface area contributed by atoms with E-state index in [1.165, 1.54) is 84.2 Å². The van der Waals surface area contributed by atoms with Gasteiger partial charge in [0.15, 0.2) is 0 Å². The molecule has 0 fully saturated rings. The summed E-state index contributed by atoms with van der Waals surface area (Å²) >= 11 is 0. The molecule has 0 rings (SSSR count). The molecule has 0 aromatic heterocycles. The minimum Gasteiger partial charge on any atom is -0.469 e. The molecule has 0 spiro atoms. The van der Waals surface area contributed by atoms with Crippen LogP contribution in [0.3, 0.4) is 0 Å². The van der Waals surface area contributed by atoms with Crippen molar-refractivity contribution >= 4 is 5.97 Å². The Hall–Kier alpha value is -0.530. The predicted octanol–water partition coefficient (Wildman–Crippen LogP) is 5.75. The van der Waals surface area contributed by atoms with Crippen LogP contribution in [0.2, 0.25) is 0 Å². The molecule has 1 radical (unpaired) electrons. The highest BCUT2D eigenvalue weighted by molar-refractivity contribution is 5.68. The van der Waals surface area contributed by atoms with Crippen LogP contribution < -0.4 is 0 Å². The molecule has 0 aromatic carbocycles. The smallest absolute Gasteiger partial charge is 0.305 e. The molecule has 0 unspecified atom stereocenters. The van der Waals surface area contributed by atoms with Crippen LogP contribution in [0.5, 0.6) is 0 Å². The van der Waals surface area contributed by atoms with Gasteiger partial charge < -0.3 is 4.74 Å². The second-order valence-corrected chi connectivity index (χ2v) is 5.57. The number of carbonyl (C=O) groups is 1. The minimum absolute atomic E-state index is 0. The molecule has 0 bridgehead atoms. The number of ether oxygens (including phenoxy) is 1. The van der Waals surface area contributed by atoms with Gasteiger partial charge in [-0.2, -0.15) is 0 Å². The monoisotopic (exact) mass is 271 g/mol. The Labute approximate surface area is 121 Å². The largest absolute Gasteiger partial charge is 0.469 e. The normalized spacial score (nSPS) is 10.6. The quantitative estimate of drug-likeness (QED) is 0.297. The molecular weight excluding hydrogens is 236 g/mol. The van der Waals surface area contributed by atoms with Gasteiger partial charge in [0.25, 0.3) is 0 Å². The molecule has 0 amide bonds. The highest BCUT2D eigenvalue weighted by Gasteiger charge is 1.99. The zero-order valence-electron chi connectivity index (χ0n) is 14.2. The summed E-state index contributed by atoms with van der Waals surface area (Å²) in [6.45, 7) is 2.27. The maximum Gasteiger partial charge on any atom is 0.305 e. The molecule has 0 heterocycles. The van der Waals surface area contributed by atoms with Gasteiger partial charge in [-0.3, -0.25) is 4.79 Å². The lowest BCUT2D eigenvalue weighted by Gasteiger charge is -2.03. The maximum atomic E-state index is 10.9. The van der Waals surface area contributed by atoms with Crippen LogP contribution in [0.15, 0.2) is 0 Å². The van der Waals surface area contributed by atoms with E-state index in [0.717, 1.165) is 6.42 Å². The van der Waals surface area contributed by atoms with E-state index in [1.807, 2.05) is 0 Å². The fourth-order valence-corrected chi connectivity index (χ4v) is 2.39. The van der Waals surface area contributed by atoms with Crippen molar-refractivity contribution in [2.75, 3.05) is 7.11 Å². The Morgan fingerprint density at radius 1 is 0.737 bits per heavy atom. The number of carbonyl (C=O) groups excluding carboxylic acids is 1. The summed E-state index contributed by atoms with van der Waals surface area (Å²) in [6.07, 6.45) is 18.0. The average molecular weight is 271 g/mol. The van der Waals surface area contributed by atoms with E-state index in [4.69, 9.17) is 0 Å². The molecule has 19 heavy (non-hydrogen) atoms. The third-order valence-electron chi connectivity index (χ3n) is 3.71. The lowest BCUT2D eigenvalue weighted by molar-refractivity contribution is -0.140. The van der Waals surface area contributed by atoms with Crippen molar-refractivity contribution < 1.29 is 11.0 Å². The van der Waals surface area contributed by atoms with E-state index < -0.39 is 0 Å². The summed E-state index contributed by atoms with van der Waals surface area (Å²) in [7, 11) is 1.46. The van der Waals surface area contributed by atoms with Gasteiger partial charge in [0.1, 0.15) is 0 Å². The first-order valence-electron chi connectivity index (χ1n) is 8.38. The van der Waals surface area contributed by atoms with Crippen LogP contribution >= 0.6 is 0 Å². The molecule has 0 aliphatic heterocycles. The summed E-state index contributed by atoms with van der Waals surface area (Å²) in [5.41, 5.74) is 0. The van der Waals surface area contributed by atoms with Crippen molar-refractivity contribution in [3.05, 3.63) is 0 Å². The van der Waals surface area contributed by atoms with Crippen LogP contribution in [0, 0.1) is 0 Å². The zero-order chi connectivity index (χ0) is 14.2. The van der Waals surface area contributed by atoms with E-state index in [0.29, 0.717) is 6.42 Å². The molecule has 0 N–H and O–H groups in total. The Morgan fingerprint density at radius 3 is 1.47 bits per heavy atom. The van der Waals surface area contributed by atoms with Crippen LogP contribution in [0.25, 0.3) is 0 Å². The van der Waals surface area contributed by atoms with Gasteiger partial charge >= 0.3 is 5.97 Å². The lowest BCUT2D eigenvalue weighted by atomic mass is 10.0.